The van der Waals surface area contributed by atoms with Gasteiger partial charge in [-0.15, -0.1) is 0 Å². The molecule has 1 fully saturated rings. The van der Waals surface area contributed by atoms with Gasteiger partial charge in [-0.1, -0.05) is 91.7 Å². The molecule has 30 heavy (non-hydrogen) atoms. The van der Waals surface area contributed by atoms with Gasteiger partial charge in [0.2, 0.25) is 0 Å². The fraction of sp³-hybridized carbons (Fsp3) is 0.333. The third-order valence-electron chi connectivity index (χ3n) is 6.39. The van der Waals surface area contributed by atoms with Crippen molar-refractivity contribution >= 4 is 29.5 Å². The molecule has 0 heterocycles. The van der Waals surface area contributed by atoms with Gasteiger partial charge in [-0.05, 0) is 51.5 Å². The maximum absolute atomic E-state index is 2.58. The molecule has 2 nitrogen and oxygen atoms in total. The first-order valence-electron chi connectivity index (χ1n) is 11.1. The van der Waals surface area contributed by atoms with Crippen LogP contribution in [0, 0.1) is 0 Å². The quantitative estimate of drug-likeness (QED) is 0.535. The second-order valence-corrected chi connectivity index (χ2v) is 10.7. The highest BCUT2D eigenvalue weighted by molar-refractivity contribution is 7.80. The molecule has 0 aromatic heterocycles. The van der Waals surface area contributed by atoms with Crippen molar-refractivity contribution < 1.29 is 0 Å². The lowest BCUT2D eigenvalue weighted by atomic mass is 9.88. The zero-order valence-electron chi connectivity index (χ0n) is 18.4. The molecule has 0 spiro atoms. The number of para-hydroxylation sites is 1. The molecule has 2 unspecified atom stereocenters. The van der Waals surface area contributed by atoms with E-state index in [0.29, 0.717) is 12.1 Å². The Morgan fingerprint density at radius 2 is 1.13 bits per heavy atom. The fourth-order valence-electron chi connectivity index (χ4n) is 4.86. The van der Waals surface area contributed by atoms with Crippen molar-refractivity contribution in [2.24, 2.45) is 0 Å². The fourth-order valence-corrected chi connectivity index (χ4v) is 7.35. The van der Waals surface area contributed by atoms with Gasteiger partial charge in [-0.2, -0.15) is 0 Å². The average Bonchev–Trinajstić information content (AvgIpc) is 2.80. The summed E-state index contributed by atoms with van der Waals surface area (Å²) in [6, 6.07) is 32.3. The second kappa shape index (κ2) is 9.77. The van der Waals surface area contributed by atoms with Crippen LogP contribution in [0.3, 0.4) is 0 Å². The minimum atomic E-state index is -0.605. The van der Waals surface area contributed by atoms with Crippen molar-refractivity contribution in [3.8, 4) is 0 Å². The van der Waals surface area contributed by atoms with Crippen LogP contribution in [0.1, 0.15) is 25.7 Å². The molecular weight excluding hydrogens is 383 g/mol. The lowest BCUT2D eigenvalue weighted by Gasteiger charge is -2.43. The lowest BCUT2D eigenvalue weighted by Crippen LogP contribution is -2.51. The first kappa shape index (κ1) is 21.1. The van der Waals surface area contributed by atoms with Gasteiger partial charge in [0.25, 0.3) is 0 Å². The van der Waals surface area contributed by atoms with Crippen LogP contribution in [0.5, 0.6) is 0 Å². The Hall–Kier alpha value is -2.15. The molecule has 0 saturated heterocycles. The van der Waals surface area contributed by atoms with Gasteiger partial charge in [0.05, 0.1) is 0 Å². The molecule has 2 atom stereocenters. The Kier molecular flexibility index (Phi) is 6.87. The van der Waals surface area contributed by atoms with Crippen LogP contribution in [0.2, 0.25) is 0 Å². The zero-order valence-corrected chi connectivity index (χ0v) is 19.3. The number of nitrogens with zero attached hydrogens (tertiary/aromatic N) is 2. The monoisotopic (exact) mass is 416 g/mol. The minimum absolute atomic E-state index is 0.554. The highest BCUT2D eigenvalue weighted by Crippen LogP contribution is 2.38. The summed E-state index contributed by atoms with van der Waals surface area (Å²) >= 11 is 0. The van der Waals surface area contributed by atoms with E-state index in [9.17, 15) is 0 Å². The Morgan fingerprint density at radius 1 is 0.633 bits per heavy atom. The first-order valence-corrected chi connectivity index (χ1v) is 12.4. The van der Waals surface area contributed by atoms with Gasteiger partial charge in [0, 0.05) is 30.1 Å². The third-order valence-corrected chi connectivity index (χ3v) is 8.88. The molecular formula is C27H33N2P. The smallest absolute Gasteiger partial charge is 0.0451 e. The van der Waals surface area contributed by atoms with Crippen LogP contribution in [0.25, 0.3) is 0 Å². The number of anilines is 1. The number of benzene rings is 3. The number of rotatable bonds is 6. The Morgan fingerprint density at radius 3 is 1.70 bits per heavy atom. The standard InChI is InChI=1S/C27H33N2P/c1-28(2)24-18-10-11-19-25(24)29(3)26-20-12-13-21-27(26)30(22-14-6-4-7-15-22)23-16-8-5-9-17-23/h4-9,12-17,20-21,24-25H,10-11,18-19H2,1-3H3. The van der Waals surface area contributed by atoms with E-state index in [1.54, 1.807) is 0 Å². The highest BCUT2D eigenvalue weighted by atomic mass is 31.1. The molecule has 3 heteroatoms. The molecule has 1 aliphatic rings. The van der Waals surface area contributed by atoms with E-state index in [2.05, 4.69) is 116 Å². The van der Waals surface area contributed by atoms with Crippen LogP contribution in [-0.2, 0) is 0 Å². The Labute approximate surface area is 183 Å². The maximum Gasteiger partial charge on any atom is 0.0451 e. The maximum atomic E-state index is 2.58. The highest BCUT2D eigenvalue weighted by Gasteiger charge is 2.31. The molecule has 1 aliphatic carbocycles. The summed E-state index contributed by atoms with van der Waals surface area (Å²) in [5.41, 5.74) is 1.38. The summed E-state index contributed by atoms with van der Waals surface area (Å²) in [7, 11) is 6.19. The van der Waals surface area contributed by atoms with Crippen LogP contribution in [0.15, 0.2) is 84.9 Å². The Balaban J connectivity index is 1.79. The summed E-state index contributed by atoms with van der Waals surface area (Å²) in [5.74, 6) is 0. The first-order chi connectivity index (χ1) is 14.7. The van der Waals surface area contributed by atoms with Crippen molar-refractivity contribution in [2.45, 2.75) is 37.8 Å². The molecule has 0 amide bonds. The summed E-state index contributed by atoms with van der Waals surface area (Å²) in [6.07, 6.45) is 5.22. The van der Waals surface area contributed by atoms with Gasteiger partial charge in [-0.25, -0.2) is 0 Å². The van der Waals surface area contributed by atoms with E-state index in [-0.39, 0.29) is 0 Å². The topological polar surface area (TPSA) is 6.48 Å². The van der Waals surface area contributed by atoms with Crippen LogP contribution < -0.4 is 20.8 Å². The van der Waals surface area contributed by atoms with E-state index in [1.807, 2.05) is 0 Å². The molecule has 156 valence electrons. The molecule has 3 aromatic rings. The normalized spacial score (nSPS) is 19.2. The van der Waals surface area contributed by atoms with E-state index in [4.69, 9.17) is 0 Å². The predicted molar refractivity (Wildman–Crippen MR) is 133 cm³/mol. The zero-order chi connectivity index (χ0) is 20.9. The van der Waals surface area contributed by atoms with Crippen molar-refractivity contribution in [1.29, 1.82) is 0 Å². The van der Waals surface area contributed by atoms with Crippen molar-refractivity contribution in [1.82, 2.24) is 4.90 Å². The summed E-state index contributed by atoms with van der Waals surface area (Å²) < 4.78 is 0. The van der Waals surface area contributed by atoms with E-state index in [1.165, 1.54) is 47.3 Å². The average molecular weight is 417 g/mol. The number of hydrogen-bond donors (Lipinski definition) is 0. The van der Waals surface area contributed by atoms with Crippen LogP contribution >= 0.6 is 7.92 Å². The summed E-state index contributed by atoms with van der Waals surface area (Å²) in [5, 5.41) is 4.27. The second-order valence-electron chi connectivity index (χ2n) is 8.49. The molecule has 0 bridgehead atoms. The largest absolute Gasteiger partial charge is 0.370 e. The van der Waals surface area contributed by atoms with Crippen molar-refractivity contribution in [2.75, 3.05) is 26.0 Å². The van der Waals surface area contributed by atoms with Gasteiger partial charge in [0.1, 0.15) is 0 Å². The number of likely N-dealkylation sites (N-methyl/N-ethyl adjacent to an activating group) is 2. The third kappa shape index (κ3) is 4.46. The van der Waals surface area contributed by atoms with Gasteiger partial charge in [-0.3, -0.25) is 0 Å². The van der Waals surface area contributed by atoms with Crippen molar-refractivity contribution in [3.05, 3.63) is 84.9 Å². The SMILES string of the molecule is CN(C)C1CCCCC1N(C)c1ccccc1P(c1ccccc1)c1ccccc1. The summed E-state index contributed by atoms with van der Waals surface area (Å²) in [6.45, 7) is 0. The van der Waals surface area contributed by atoms with Gasteiger partial charge < -0.3 is 9.80 Å². The van der Waals surface area contributed by atoms with E-state index >= 15 is 0 Å². The van der Waals surface area contributed by atoms with Gasteiger partial charge in [0.15, 0.2) is 0 Å². The Bertz CT molecular complexity index is 886. The van der Waals surface area contributed by atoms with E-state index in [0.717, 1.165) is 0 Å². The van der Waals surface area contributed by atoms with E-state index < -0.39 is 7.92 Å². The molecule has 3 aromatic carbocycles. The predicted octanol–water partition coefficient (Wildman–Crippen LogP) is 4.75. The molecule has 0 N–H and O–H groups in total. The van der Waals surface area contributed by atoms with Crippen LogP contribution in [0.4, 0.5) is 5.69 Å². The van der Waals surface area contributed by atoms with Crippen LogP contribution in [-0.4, -0.2) is 38.1 Å². The number of hydrogen-bond acceptors (Lipinski definition) is 2. The summed E-state index contributed by atoms with van der Waals surface area (Å²) in [4.78, 5) is 5.01. The molecule has 0 aliphatic heterocycles. The molecule has 4 rings (SSSR count). The lowest BCUT2D eigenvalue weighted by molar-refractivity contribution is 0.197. The molecule has 1 saturated carbocycles. The molecule has 0 radical (unpaired) electrons. The minimum Gasteiger partial charge on any atom is -0.370 e. The van der Waals surface area contributed by atoms with Crippen molar-refractivity contribution in [3.63, 3.8) is 0 Å². The van der Waals surface area contributed by atoms with Gasteiger partial charge >= 0.3 is 0 Å².